The van der Waals surface area contributed by atoms with E-state index in [1.165, 1.54) is 20.8 Å². The summed E-state index contributed by atoms with van der Waals surface area (Å²) >= 11 is 0. The Balaban J connectivity index is 1.91. The van der Waals surface area contributed by atoms with E-state index in [-0.39, 0.29) is 12.5 Å². The largest absolute Gasteiger partial charge is 0.407 e. The van der Waals surface area contributed by atoms with Crippen LogP contribution in [0.5, 0.6) is 0 Å². The number of halogens is 6. The van der Waals surface area contributed by atoms with Gasteiger partial charge in [0.1, 0.15) is 17.4 Å². The average molecular weight is 536 g/mol. The Morgan fingerprint density at radius 1 is 1.05 bits per heavy atom. The third-order valence-corrected chi connectivity index (χ3v) is 6.66. The molecule has 2 fully saturated rings. The lowest BCUT2D eigenvalue weighted by Gasteiger charge is -2.31. The third-order valence-electron chi connectivity index (χ3n) is 6.66. The van der Waals surface area contributed by atoms with Crippen molar-refractivity contribution in [2.45, 2.75) is 88.6 Å². The first-order valence-electron chi connectivity index (χ1n) is 12.2. The average Bonchev–Trinajstić information content (AvgIpc) is 3.70. The first-order valence-corrected chi connectivity index (χ1v) is 12.2. The summed E-state index contributed by atoms with van der Waals surface area (Å²) in [6.07, 6.45) is -4.98. The number of carbonyl (C=O) groups excluding carboxylic acids is 3. The molecule has 2 aliphatic rings. The summed E-state index contributed by atoms with van der Waals surface area (Å²) in [5, 5.41) is 6.82. The van der Waals surface area contributed by atoms with Crippen molar-refractivity contribution in [1.82, 2.24) is 16.0 Å². The Morgan fingerprint density at radius 3 is 2.14 bits per heavy atom. The lowest BCUT2D eigenvalue weighted by atomic mass is 9.96. The standard InChI is InChI=1S/C25H31F6N3O3/c1-4-17(19(35)21(36)32-16-9-10-16)33-22(37)23(12-18(23)24(27,28)11-13(2)3)34-20(25(29,30)31)14-5-7-15(26)8-6-14/h5-8,13,16-18,20,34H,4,9-12H2,1-3H3,(H,32,36)(H,33,37)/t17-,18+,20-,23+/m0/s1. The van der Waals surface area contributed by atoms with Crippen molar-refractivity contribution in [1.29, 1.82) is 0 Å². The molecular weight excluding hydrogens is 504 g/mol. The van der Waals surface area contributed by atoms with Gasteiger partial charge in [-0.25, -0.2) is 13.2 Å². The zero-order valence-corrected chi connectivity index (χ0v) is 20.7. The van der Waals surface area contributed by atoms with Gasteiger partial charge in [0.05, 0.1) is 12.0 Å². The van der Waals surface area contributed by atoms with E-state index in [1.54, 1.807) is 0 Å². The van der Waals surface area contributed by atoms with Crippen LogP contribution in [0.3, 0.4) is 0 Å². The highest BCUT2D eigenvalue weighted by Crippen LogP contribution is 2.56. The fourth-order valence-electron chi connectivity index (χ4n) is 4.48. The van der Waals surface area contributed by atoms with Gasteiger partial charge in [-0.05, 0) is 49.3 Å². The molecule has 4 atom stereocenters. The molecular formula is C25H31F6N3O3. The van der Waals surface area contributed by atoms with Crippen LogP contribution in [0.25, 0.3) is 0 Å². The SMILES string of the molecule is CC[C@H](NC(=O)[C@@]1(N[C@@H](c2ccc(F)cc2)C(F)(F)F)C[C@H]1C(F)(F)CC(C)C)C(=O)C(=O)NC1CC1. The lowest BCUT2D eigenvalue weighted by molar-refractivity contribution is -0.164. The second-order valence-corrected chi connectivity index (χ2v) is 10.3. The van der Waals surface area contributed by atoms with Crippen LogP contribution >= 0.6 is 0 Å². The summed E-state index contributed by atoms with van der Waals surface area (Å²) in [4.78, 5) is 38.1. The molecule has 0 saturated heterocycles. The maximum atomic E-state index is 15.1. The summed E-state index contributed by atoms with van der Waals surface area (Å²) in [5.41, 5.74) is -2.83. The van der Waals surface area contributed by atoms with Gasteiger partial charge in [0.15, 0.2) is 0 Å². The molecule has 3 rings (SSSR count). The molecule has 2 saturated carbocycles. The van der Waals surface area contributed by atoms with Crippen molar-refractivity contribution in [2.24, 2.45) is 11.8 Å². The Bertz CT molecular complexity index is 1010. The predicted octanol–water partition coefficient (Wildman–Crippen LogP) is 4.20. The van der Waals surface area contributed by atoms with E-state index < -0.39 is 83.4 Å². The van der Waals surface area contributed by atoms with Gasteiger partial charge in [-0.1, -0.05) is 32.9 Å². The Hall–Kier alpha value is -2.63. The minimum absolute atomic E-state index is 0.0769. The number of hydrogen-bond acceptors (Lipinski definition) is 4. The van der Waals surface area contributed by atoms with Gasteiger partial charge in [0, 0.05) is 12.5 Å². The van der Waals surface area contributed by atoms with Crippen molar-refractivity contribution >= 4 is 17.6 Å². The number of nitrogens with one attached hydrogen (secondary N) is 3. The second kappa shape index (κ2) is 10.6. The number of rotatable bonds is 12. The van der Waals surface area contributed by atoms with E-state index in [0.717, 1.165) is 24.3 Å². The molecule has 0 aromatic heterocycles. The number of amides is 2. The number of alkyl halides is 5. The van der Waals surface area contributed by atoms with Gasteiger partial charge in [0.2, 0.25) is 11.7 Å². The summed E-state index contributed by atoms with van der Waals surface area (Å²) in [6, 6.07) is -0.807. The van der Waals surface area contributed by atoms with Crippen LogP contribution in [0.1, 0.15) is 64.5 Å². The maximum absolute atomic E-state index is 15.1. The van der Waals surface area contributed by atoms with Crippen LogP contribution in [-0.2, 0) is 14.4 Å². The van der Waals surface area contributed by atoms with E-state index >= 15 is 8.78 Å². The molecule has 3 N–H and O–H groups in total. The molecule has 1 aromatic carbocycles. The number of carbonyl (C=O) groups is 3. The van der Waals surface area contributed by atoms with Gasteiger partial charge < -0.3 is 10.6 Å². The third kappa shape index (κ3) is 6.82. The predicted molar refractivity (Wildman–Crippen MR) is 122 cm³/mol. The Labute approximate surface area is 210 Å². The second-order valence-electron chi connectivity index (χ2n) is 10.3. The molecule has 0 spiro atoms. The molecule has 37 heavy (non-hydrogen) atoms. The van der Waals surface area contributed by atoms with Crippen LogP contribution in [0.4, 0.5) is 26.3 Å². The first-order chi connectivity index (χ1) is 17.1. The van der Waals surface area contributed by atoms with Gasteiger partial charge in [-0.15, -0.1) is 0 Å². The van der Waals surface area contributed by atoms with Crippen molar-refractivity contribution in [3.63, 3.8) is 0 Å². The van der Waals surface area contributed by atoms with Crippen molar-refractivity contribution in [3.05, 3.63) is 35.6 Å². The molecule has 2 amide bonds. The molecule has 0 heterocycles. The highest BCUT2D eigenvalue weighted by molar-refractivity contribution is 6.38. The summed E-state index contributed by atoms with van der Waals surface area (Å²) < 4.78 is 85.7. The van der Waals surface area contributed by atoms with Crippen LogP contribution < -0.4 is 16.0 Å². The Kier molecular flexibility index (Phi) is 8.31. The summed E-state index contributed by atoms with van der Waals surface area (Å²) in [6.45, 7) is 4.52. The molecule has 0 unspecified atom stereocenters. The lowest BCUT2D eigenvalue weighted by Crippen LogP contribution is -2.58. The van der Waals surface area contributed by atoms with Gasteiger partial charge in [-0.2, -0.15) is 13.2 Å². The maximum Gasteiger partial charge on any atom is 0.407 e. The number of Topliss-reactive ketones (excluding diaryl/α,β-unsaturated/α-hetero) is 1. The van der Waals surface area contributed by atoms with Gasteiger partial charge in [0.25, 0.3) is 11.8 Å². The first kappa shape index (κ1) is 28.9. The van der Waals surface area contributed by atoms with Crippen LogP contribution in [-0.4, -0.2) is 47.3 Å². The zero-order valence-electron chi connectivity index (χ0n) is 20.7. The number of hydrogen-bond donors (Lipinski definition) is 3. The molecule has 2 aliphatic carbocycles. The van der Waals surface area contributed by atoms with E-state index in [1.807, 2.05) is 0 Å². The van der Waals surface area contributed by atoms with Gasteiger partial charge >= 0.3 is 6.18 Å². The topological polar surface area (TPSA) is 87.3 Å². The minimum Gasteiger partial charge on any atom is -0.347 e. The summed E-state index contributed by atoms with van der Waals surface area (Å²) in [5.74, 6) is -9.77. The van der Waals surface area contributed by atoms with Crippen LogP contribution in [0.2, 0.25) is 0 Å². The summed E-state index contributed by atoms with van der Waals surface area (Å²) in [7, 11) is 0. The molecule has 0 bridgehead atoms. The molecule has 0 aliphatic heterocycles. The van der Waals surface area contributed by atoms with E-state index in [9.17, 15) is 31.9 Å². The van der Waals surface area contributed by atoms with Gasteiger partial charge in [-0.3, -0.25) is 19.7 Å². The fourth-order valence-corrected chi connectivity index (χ4v) is 4.48. The smallest absolute Gasteiger partial charge is 0.347 e. The number of benzene rings is 1. The van der Waals surface area contributed by atoms with E-state index in [4.69, 9.17) is 0 Å². The fraction of sp³-hybridized carbons (Fsp3) is 0.640. The molecule has 6 nitrogen and oxygen atoms in total. The minimum atomic E-state index is -5.02. The van der Waals surface area contributed by atoms with Crippen LogP contribution in [0, 0.1) is 17.7 Å². The molecule has 206 valence electrons. The highest BCUT2D eigenvalue weighted by Gasteiger charge is 2.71. The van der Waals surface area contributed by atoms with Crippen molar-refractivity contribution in [3.8, 4) is 0 Å². The normalized spacial score (nSPS) is 23.4. The van der Waals surface area contributed by atoms with Crippen molar-refractivity contribution < 1.29 is 40.7 Å². The quantitative estimate of drug-likeness (QED) is 0.277. The zero-order chi connectivity index (χ0) is 27.8. The number of ketones is 1. The highest BCUT2D eigenvalue weighted by atomic mass is 19.4. The van der Waals surface area contributed by atoms with E-state index in [0.29, 0.717) is 12.8 Å². The van der Waals surface area contributed by atoms with Crippen LogP contribution in [0.15, 0.2) is 24.3 Å². The molecule has 12 heteroatoms. The van der Waals surface area contributed by atoms with E-state index in [2.05, 4.69) is 16.0 Å². The molecule has 0 radical (unpaired) electrons. The molecule has 1 aromatic rings. The van der Waals surface area contributed by atoms with Crippen molar-refractivity contribution in [2.75, 3.05) is 0 Å². The Morgan fingerprint density at radius 2 is 1.65 bits per heavy atom. The monoisotopic (exact) mass is 535 g/mol.